The maximum Gasteiger partial charge on any atom is 0.321 e. The first-order valence-corrected chi connectivity index (χ1v) is 9.98. The van der Waals surface area contributed by atoms with Crippen LogP contribution in [0.5, 0.6) is 17.5 Å². The number of aromatic nitrogens is 3. The summed E-state index contributed by atoms with van der Waals surface area (Å²) < 4.78 is 17.0. The molecule has 0 fully saturated rings. The molecule has 2 aromatic carbocycles. The fourth-order valence-electron chi connectivity index (χ4n) is 2.95. The highest BCUT2D eigenvalue weighted by molar-refractivity contribution is 5.34. The lowest BCUT2D eigenvalue weighted by atomic mass is 10.1. The third kappa shape index (κ3) is 5.47. The molecule has 1 N–H and O–H groups in total. The largest absolute Gasteiger partial charge is 0.490 e. The number of anilines is 1. The van der Waals surface area contributed by atoms with Gasteiger partial charge in [-0.15, -0.1) is 0 Å². The second-order valence-corrected chi connectivity index (χ2v) is 6.70. The van der Waals surface area contributed by atoms with Gasteiger partial charge in [0.15, 0.2) is 0 Å². The SMILES string of the molecule is CCOc1nc2nc(n1)NCc1ccc(cc1)OC/C=C/COc1ccc(cc1)C2. The van der Waals surface area contributed by atoms with Crippen LogP contribution in [0.2, 0.25) is 0 Å². The number of benzene rings is 2. The summed E-state index contributed by atoms with van der Waals surface area (Å²) in [6, 6.07) is 16.2. The maximum absolute atomic E-state index is 5.74. The summed E-state index contributed by atoms with van der Waals surface area (Å²) in [6.07, 6.45) is 4.48. The Kier molecular flexibility index (Phi) is 6.39. The number of ether oxygens (including phenoxy) is 3. The zero-order chi connectivity index (χ0) is 20.6. The molecular formula is C23H24N4O3. The second kappa shape index (κ2) is 9.73. The molecule has 0 aliphatic carbocycles. The van der Waals surface area contributed by atoms with Gasteiger partial charge >= 0.3 is 6.01 Å². The molecular weight excluding hydrogens is 380 g/mol. The van der Waals surface area contributed by atoms with E-state index in [0.29, 0.717) is 50.6 Å². The average molecular weight is 404 g/mol. The Morgan fingerprint density at radius 2 is 1.47 bits per heavy atom. The van der Waals surface area contributed by atoms with Crippen LogP contribution in [-0.2, 0) is 13.0 Å². The molecule has 5 heterocycles. The van der Waals surface area contributed by atoms with Crippen LogP contribution in [0.15, 0.2) is 60.7 Å². The van der Waals surface area contributed by atoms with E-state index in [0.717, 1.165) is 22.6 Å². The standard InChI is InChI=1S/C23H24N4O3/c1-2-28-23-26-21-15-17-5-9-19(10-6-17)29-13-3-4-14-30-20-11-7-18(8-12-20)16-24-22(25-21)27-23/h3-12H,2,13-16H2,1H3,(H,24,25,26,27)/b4-3+. The molecule has 6 bridgehead atoms. The Labute approximate surface area is 175 Å². The van der Waals surface area contributed by atoms with Gasteiger partial charge in [0.1, 0.15) is 30.5 Å². The topological polar surface area (TPSA) is 78.4 Å². The molecule has 0 spiro atoms. The van der Waals surface area contributed by atoms with Gasteiger partial charge < -0.3 is 19.5 Å². The molecule has 154 valence electrons. The molecule has 30 heavy (non-hydrogen) atoms. The highest BCUT2D eigenvalue weighted by atomic mass is 16.5. The van der Waals surface area contributed by atoms with E-state index in [4.69, 9.17) is 14.2 Å². The van der Waals surface area contributed by atoms with Crippen molar-refractivity contribution in [3.63, 3.8) is 0 Å². The van der Waals surface area contributed by atoms with E-state index in [1.165, 1.54) is 0 Å². The average Bonchev–Trinajstić information content (AvgIpc) is 2.76. The Morgan fingerprint density at radius 1 is 0.833 bits per heavy atom. The van der Waals surface area contributed by atoms with E-state index in [2.05, 4.69) is 20.3 Å². The molecule has 0 atom stereocenters. The molecule has 3 aromatic rings. The summed E-state index contributed by atoms with van der Waals surface area (Å²) in [5.41, 5.74) is 2.17. The van der Waals surface area contributed by atoms with Crippen molar-refractivity contribution in [2.24, 2.45) is 0 Å². The van der Waals surface area contributed by atoms with E-state index >= 15 is 0 Å². The molecule has 0 saturated carbocycles. The Balaban J connectivity index is 1.61. The highest BCUT2D eigenvalue weighted by Gasteiger charge is 2.09. The highest BCUT2D eigenvalue weighted by Crippen LogP contribution is 2.17. The monoisotopic (exact) mass is 404 g/mol. The summed E-state index contributed by atoms with van der Waals surface area (Å²) >= 11 is 0. The van der Waals surface area contributed by atoms with E-state index in [-0.39, 0.29) is 0 Å². The first-order chi connectivity index (χ1) is 14.8. The number of nitrogens with zero attached hydrogens (tertiary/aromatic N) is 3. The number of rotatable bonds is 2. The third-order valence-corrected chi connectivity index (χ3v) is 4.45. The molecule has 7 nitrogen and oxygen atoms in total. The predicted octanol–water partition coefficient (Wildman–Crippen LogP) is 3.80. The van der Waals surface area contributed by atoms with Gasteiger partial charge in [-0.3, -0.25) is 0 Å². The summed E-state index contributed by atoms with van der Waals surface area (Å²) in [6.45, 7) is 3.96. The zero-order valence-corrected chi connectivity index (χ0v) is 16.9. The summed E-state index contributed by atoms with van der Waals surface area (Å²) in [5, 5.41) is 3.26. The smallest absolute Gasteiger partial charge is 0.321 e. The molecule has 1 aromatic heterocycles. The lowest BCUT2D eigenvalue weighted by molar-refractivity contribution is 0.310. The van der Waals surface area contributed by atoms with Crippen molar-refractivity contribution in [3.05, 3.63) is 77.6 Å². The van der Waals surface area contributed by atoms with Crippen molar-refractivity contribution in [3.8, 4) is 17.5 Å². The first kappa shape index (κ1) is 19.7. The zero-order valence-electron chi connectivity index (χ0n) is 16.9. The maximum atomic E-state index is 5.74. The summed E-state index contributed by atoms with van der Waals surface area (Å²) in [4.78, 5) is 13.4. The molecule has 0 unspecified atom stereocenters. The molecule has 7 heteroatoms. The lowest BCUT2D eigenvalue weighted by Gasteiger charge is -2.10. The van der Waals surface area contributed by atoms with Crippen LogP contribution in [0, 0.1) is 0 Å². The van der Waals surface area contributed by atoms with Crippen molar-refractivity contribution in [2.75, 3.05) is 25.1 Å². The van der Waals surface area contributed by atoms with Gasteiger partial charge in [0.2, 0.25) is 5.95 Å². The van der Waals surface area contributed by atoms with Crippen LogP contribution in [0.4, 0.5) is 5.95 Å². The van der Waals surface area contributed by atoms with E-state index in [1.807, 2.05) is 67.6 Å². The molecule has 0 radical (unpaired) electrons. The summed E-state index contributed by atoms with van der Waals surface area (Å²) in [5.74, 6) is 2.76. The van der Waals surface area contributed by atoms with Gasteiger partial charge in [-0.25, -0.2) is 0 Å². The third-order valence-electron chi connectivity index (χ3n) is 4.45. The predicted molar refractivity (Wildman–Crippen MR) is 114 cm³/mol. The minimum Gasteiger partial charge on any atom is -0.490 e. The van der Waals surface area contributed by atoms with Crippen molar-refractivity contribution in [2.45, 2.75) is 19.9 Å². The minimum absolute atomic E-state index is 0.322. The molecule has 4 aliphatic rings. The number of hydrogen-bond donors (Lipinski definition) is 1. The first-order valence-electron chi connectivity index (χ1n) is 9.98. The van der Waals surface area contributed by atoms with Gasteiger partial charge in [0, 0.05) is 13.0 Å². The van der Waals surface area contributed by atoms with Crippen molar-refractivity contribution in [1.29, 1.82) is 0 Å². The molecule has 4 aliphatic heterocycles. The fourth-order valence-corrected chi connectivity index (χ4v) is 2.95. The summed E-state index contributed by atoms with van der Waals surface area (Å²) in [7, 11) is 0. The fraction of sp³-hybridized carbons (Fsp3) is 0.261. The molecule has 7 rings (SSSR count). The van der Waals surface area contributed by atoms with Gasteiger partial charge in [-0.2, -0.15) is 15.0 Å². The van der Waals surface area contributed by atoms with Crippen LogP contribution >= 0.6 is 0 Å². The van der Waals surface area contributed by atoms with Gasteiger partial charge in [0.05, 0.1) is 6.61 Å². The van der Waals surface area contributed by atoms with Gasteiger partial charge in [0.25, 0.3) is 0 Å². The van der Waals surface area contributed by atoms with Crippen molar-refractivity contribution >= 4 is 5.95 Å². The van der Waals surface area contributed by atoms with E-state index in [9.17, 15) is 0 Å². The van der Waals surface area contributed by atoms with Crippen molar-refractivity contribution in [1.82, 2.24) is 15.0 Å². The van der Waals surface area contributed by atoms with Crippen LogP contribution in [0.1, 0.15) is 23.9 Å². The minimum atomic E-state index is 0.322. The Morgan fingerprint density at radius 3 is 2.10 bits per heavy atom. The van der Waals surface area contributed by atoms with Gasteiger partial charge in [-0.1, -0.05) is 24.3 Å². The van der Waals surface area contributed by atoms with Gasteiger partial charge in [-0.05, 0) is 54.5 Å². The second-order valence-electron chi connectivity index (χ2n) is 6.70. The normalized spacial score (nSPS) is 14.8. The van der Waals surface area contributed by atoms with E-state index in [1.54, 1.807) is 0 Å². The Bertz CT molecular complexity index is 988. The number of hydrogen-bond acceptors (Lipinski definition) is 7. The van der Waals surface area contributed by atoms with Crippen LogP contribution in [0.3, 0.4) is 0 Å². The van der Waals surface area contributed by atoms with Crippen LogP contribution in [0.25, 0.3) is 0 Å². The Hall–Kier alpha value is -3.61. The van der Waals surface area contributed by atoms with Crippen LogP contribution in [-0.4, -0.2) is 34.8 Å². The lowest BCUT2D eigenvalue weighted by Crippen LogP contribution is -2.10. The van der Waals surface area contributed by atoms with E-state index < -0.39 is 0 Å². The quantitative estimate of drug-likeness (QED) is 0.651. The van der Waals surface area contributed by atoms with Crippen molar-refractivity contribution < 1.29 is 14.2 Å². The van der Waals surface area contributed by atoms with Crippen LogP contribution < -0.4 is 19.5 Å². The number of nitrogens with one attached hydrogen (secondary N) is 1. The molecule has 0 saturated heterocycles. The molecule has 0 amide bonds.